The molecule has 3 heteroatoms. The second-order valence-corrected chi connectivity index (χ2v) is 2.98. The van der Waals surface area contributed by atoms with Crippen LogP contribution in [0.5, 0.6) is 0 Å². The van der Waals surface area contributed by atoms with Crippen molar-refractivity contribution in [3.05, 3.63) is 0 Å². The largest absolute Gasteiger partial charge is 0.396 e. The van der Waals surface area contributed by atoms with Crippen LogP contribution in [-0.2, 0) is 0 Å². The predicted octanol–water partition coefficient (Wildman–Crippen LogP) is -0.499. The fraction of sp³-hybridized carbons (Fsp3) is 1.00. The molecule has 10 heavy (non-hydrogen) atoms. The molecule has 60 valence electrons. The van der Waals surface area contributed by atoms with Gasteiger partial charge in [0, 0.05) is 12.5 Å². The van der Waals surface area contributed by atoms with Crippen LogP contribution in [0.2, 0.25) is 0 Å². The Morgan fingerprint density at radius 3 is 2.40 bits per heavy atom. The van der Waals surface area contributed by atoms with E-state index in [2.05, 4.69) is 0 Å². The molecule has 3 N–H and O–H groups in total. The standard InChI is InChI=1S/C7H14O3/c8-4-5-3-6(9)1-2-7(5)10/h5-10H,1-4H2. The fourth-order valence-corrected chi connectivity index (χ4v) is 1.42. The quantitative estimate of drug-likeness (QED) is 0.467. The van der Waals surface area contributed by atoms with Crippen molar-refractivity contribution in [1.82, 2.24) is 0 Å². The normalized spacial score (nSPS) is 41.7. The van der Waals surface area contributed by atoms with Gasteiger partial charge in [0.1, 0.15) is 0 Å². The lowest BCUT2D eigenvalue weighted by Gasteiger charge is -2.29. The summed E-state index contributed by atoms with van der Waals surface area (Å²) in [5.74, 6) is -0.108. The lowest BCUT2D eigenvalue weighted by atomic mass is 9.85. The summed E-state index contributed by atoms with van der Waals surface area (Å²) in [6, 6.07) is 0. The molecule has 1 aliphatic carbocycles. The molecule has 0 heterocycles. The van der Waals surface area contributed by atoms with Crippen LogP contribution in [-0.4, -0.2) is 34.1 Å². The minimum absolute atomic E-state index is 0.0156. The zero-order valence-electron chi connectivity index (χ0n) is 5.90. The average molecular weight is 146 g/mol. The third kappa shape index (κ3) is 1.68. The molecule has 0 aromatic carbocycles. The maximum Gasteiger partial charge on any atom is 0.0592 e. The Labute approximate surface area is 60.3 Å². The van der Waals surface area contributed by atoms with Gasteiger partial charge in [0.2, 0.25) is 0 Å². The number of rotatable bonds is 1. The van der Waals surface area contributed by atoms with Gasteiger partial charge in [0.25, 0.3) is 0 Å². The third-order valence-electron chi connectivity index (χ3n) is 2.15. The summed E-state index contributed by atoms with van der Waals surface area (Å²) >= 11 is 0. The van der Waals surface area contributed by atoms with E-state index in [0.29, 0.717) is 19.3 Å². The molecule has 0 aromatic rings. The van der Waals surface area contributed by atoms with Gasteiger partial charge < -0.3 is 15.3 Å². The Morgan fingerprint density at radius 1 is 1.20 bits per heavy atom. The number of aliphatic hydroxyl groups excluding tert-OH is 3. The van der Waals surface area contributed by atoms with Crippen molar-refractivity contribution in [3.8, 4) is 0 Å². The van der Waals surface area contributed by atoms with Crippen LogP contribution in [0.1, 0.15) is 19.3 Å². The van der Waals surface area contributed by atoms with Gasteiger partial charge in [0.15, 0.2) is 0 Å². The zero-order valence-corrected chi connectivity index (χ0v) is 5.90. The molecule has 0 radical (unpaired) electrons. The van der Waals surface area contributed by atoms with Gasteiger partial charge in [-0.1, -0.05) is 0 Å². The van der Waals surface area contributed by atoms with E-state index in [-0.39, 0.29) is 18.6 Å². The van der Waals surface area contributed by atoms with Crippen LogP contribution in [0.15, 0.2) is 0 Å². The van der Waals surface area contributed by atoms with Crippen LogP contribution in [0.4, 0.5) is 0 Å². The van der Waals surface area contributed by atoms with Crippen LogP contribution < -0.4 is 0 Å². The topological polar surface area (TPSA) is 60.7 Å². The summed E-state index contributed by atoms with van der Waals surface area (Å²) in [6.45, 7) is -0.0156. The minimum atomic E-state index is -0.409. The van der Waals surface area contributed by atoms with E-state index in [1.807, 2.05) is 0 Å². The summed E-state index contributed by atoms with van der Waals surface area (Å²) in [4.78, 5) is 0. The first-order chi connectivity index (χ1) is 4.74. The summed E-state index contributed by atoms with van der Waals surface area (Å²) in [5.41, 5.74) is 0. The second-order valence-electron chi connectivity index (χ2n) is 2.98. The Hall–Kier alpha value is -0.120. The van der Waals surface area contributed by atoms with Gasteiger partial charge in [-0.05, 0) is 19.3 Å². The highest BCUT2D eigenvalue weighted by molar-refractivity contribution is 4.78. The molecule has 1 fully saturated rings. The van der Waals surface area contributed by atoms with Gasteiger partial charge in [-0.2, -0.15) is 0 Å². The first-order valence-electron chi connectivity index (χ1n) is 3.71. The molecule has 0 aromatic heterocycles. The van der Waals surface area contributed by atoms with E-state index >= 15 is 0 Å². The highest BCUT2D eigenvalue weighted by atomic mass is 16.3. The van der Waals surface area contributed by atoms with Crippen LogP contribution in [0.3, 0.4) is 0 Å². The second kappa shape index (κ2) is 3.32. The van der Waals surface area contributed by atoms with Crippen molar-refractivity contribution in [3.63, 3.8) is 0 Å². The molecular formula is C7H14O3. The molecular weight excluding hydrogens is 132 g/mol. The van der Waals surface area contributed by atoms with E-state index < -0.39 is 6.10 Å². The number of aliphatic hydroxyl groups is 3. The predicted molar refractivity (Wildman–Crippen MR) is 36.4 cm³/mol. The van der Waals surface area contributed by atoms with Crippen molar-refractivity contribution < 1.29 is 15.3 Å². The number of hydrogen-bond donors (Lipinski definition) is 3. The molecule has 1 rings (SSSR count). The first-order valence-corrected chi connectivity index (χ1v) is 3.71. The molecule has 3 unspecified atom stereocenters. The lowest BCUT2D eigenvalue weighted by Crippen LogP contribution is -2.33. The van der Waals surface area contributed by atoms with E-state index in [9.17, 15) is 5.11 Å². The molecule has 0 aliphatic heterocycles. The van der Waals surface area contributed by atoms with E-state index in [4.69, 9.17) is 10.2 Å². The molecule has 3 nitrogen and oxygen atoms in total. The molecule has 0 amide bonds. The van der Waals surface area contributed by atoms with Gasteiger partial charge in [0.05, 0.1) is 12.2 Å². The molecule has 0 saturated heterocycles. The monoisotopic (exact) mass is 146 g/mol. The third-order valence-corrected chi connectivity index (χ3v) is 2.15. The summed E-state index contributed by atoms with van der Waals surface area (Å²) in [5, 5.41) is 27.0. The first kappa shape index (κ1) is 7.98. The highest BCUT2D eigenvalue weighted by Gasteiger charge is 2.26. The zero-order chi connectivity index (χ0) is 7.56. The van der Waals surface area contributed by atoms with Gasteiger partial charge in [-0.15, -0.1) is 0 Å². The van der Waals surface area contributed by atoms with E-state index in [1.165, 1.54) is 0 Å². The Balaban J connectivity index is 2.38. The minimum Gasteiger partial charge on any atom is -0.396 e. The lowest BCUT2D eigenvalue weighted by molar-refractivity contribution is -0.0148. The highest BCUT2D eigenvalue weighted by Crippen LogP contribution is 2.23. The van der Waals surface area contributed by atoms with Crippen molar-refractivity contribution in [2.24, 2.45) is 5.92 Å². The van der Waals surface area contributed by atoms with Gasteiger partial charge in [-0.25, -0.2) is 0 Å². The van der Waals surface area contributed by atoms with Crippen molar-refractivity contribution >= 4 is 0 Å². The van der Waals surface area contributed by atoms with E-state index in [1.54, 1.807) is 0 Å². The summed E-state index contributed by atoms with van der Waals surface area (Å²) < 4.78 is 0. The van der Waals surface area contributed by atoms with Gasteiger partial charge in [-0.3, -0.25) is 0 Å². The fourth-order valence-electron chi connectivity index (χ4n) is 1.42. The van der Waals surface area contributed by atoms with Crippen molar-refractivity contribution in [2.45, 2.75) is 31.5 Å². The molecule has 3 atom stereocenters. The maximum absolute atomic E-state index is 9.22. The van der Waals surface area contributed by atoms with Crippen LogP contribution >= 0.6 is 0 Å². The maximum atomic E-state index is 9.22. The molecule has 1 saturated carbocycles. The van der Waals surface area contributed by atoms with Gasteiger partial charge >= 0.3 is 0 Å². The van der Waals surface area contributed by atoms with Crippen molar-refractivity contribution in [2.75, 3.05) is 6.61 Å². The van der Waals surface area contributed by atoms with Crippen molar-refractivity contribution in [1.29, 1.82) is 0 Å². The molecule has 1 aliphatic rings. The molecule has 0 bridgehead atoms. The smallest absolute Gasteiger partial charge is 0.0592 e. The Bertz CT molecular complexity index is 105. The average Bonchev–Trinajstić information content (AvgIpc) is 1.94. The summed E-state index contributed by atoms with van der Waals surface area (Å²) in [6.07, 6.45) is 1.09. The Kier molecular flexibility index (Phi) is 2.65. The summed E-state index contributed by atoms with van der Waals surface area (Å²) in [7, 11) is 0. The number of hydrogen-bond acceptors (Lipinski definition) is 3. The van der Waals surface area contributed by atoms with E-state index in [0.717, 1.165) is 0 Å². The SMILES string of the molecule is OCC1CC(O)CCC1O. The van der Waals surface area contributed by atoms with Crippen LogP contribution in [0, 0.1) is 5.92 Å². The van der Waals surface area contributed by atoms with Crippen LogP contribution in [0.25, 0.3) is 0 Å². The Morgan fingerprint density at radius 2 is 1.90 bits per heavy atom. The molecule has 0 spiro atoms.